The van der Waals surface area contributed by atoms with Crippen molar-refractivity contribution in [2.24, 2.45) is 0 Å². The van der Waals surface area contributed by atoms with Crippen LogP contribution in [0.5, 0.6) is 5.88 Å². The molecule has 2 rings (SSSR count). The fourth-order valence-electron chi connectivity index (χ4n) is 1.66. The first kappa shape index (κ1) is 14.8. The zero-order chi connectivity index (χ0) is 15.6. The Morgan fingerprint density at radius 3 is 2.52 bits per heavy atom. The highest BCUT2D eigenvalue weighted by Crippen LogP contribution is 2.22. The van der Waals surface area contributed by atoms with Crippen LogP contribution in [0.15, 0.2) is 39.6 Å². The van der Waals surface area contributed by atoms with Crippen LogP contribution in [0.1, 0.15) is 20.7 Å². The molecule has 0 bridgehead atoms. The highest BCUT2D eigenvalue weighted by molar-refractivity contribution is 9.10. The molecule has 0 atom stereocenters. The summed E-state index contributed by atoms with van der Waals surface area (Å²) in [6.45, 7) is 0. The number of benzene rings is 1. The summed E-state index contributed by atoms with van der Waals surface area (Å²) in [6.07, 6.45) is 0. The molecular formula is C13H9BrN2O5. The van der Waals surface area contributed by atoms with Crippen LogP contribution in [0.2, 0.25) is 0 Å². The number of carbonyl (C=O) groups excluding carboxylic acids is 1. The fraction of sp³-hybridized carbons (Fsp3) is 0. The Hall–Kier alpha value is -2.61. The maximum Gasteiger partial charge on any atom is 0.337 e. The third-order valence-electron chi connectivity index (χ3n) is 2.55. The maximum absolute atomic E-state index is 12.0. The molecule has 0 aliphatic heterocycles. The lowest BCUT2D eigenvalue weighted by Crippen LogP contribution is -2.17. The summed E-state index contributed by atoms with van der Waals surface area (Å²) in [6, 6.07) is 6.34. The Kier molecular flexibility index (Phi) is 4.08. The summed E-state index contributed by atoms with van der Waals surface area (Å²) in [5.74, 6) is -2.37. The second kappa shape index (κ2) is 5.80. The van der Waals surface area contributed by atoms with Gasteiger partial charge in [-0.2, -0.15) is 0 Å². The fourth-order valence-corrected chi connectivity index (χ4v) is 2.02. The minimum Gasteiger partial charge on any atom is -0.494 e. The highest BCUT2D eigenvalue weighted by atomic mass is 79.9. The van der Waals surface area contributed by atoms with Gasteiger partial charge >= 0.3 is 5.97 Å². The number of carbonyl (C=O) groups is 2. The molecule has 8 heteroatoms. The molecule has 2 aromatic rings. The average molecular weight is 353 g/mol. The van der Waals surface area contributed by atoms with Gasteiger partial charge in [0.05, 0.1) is 16.8 Å². The predicted octanol–water partition coefficient (Wildman–Crippen LogP) is 1.79. The standard InChI is InChI=1S/C13H9BrN2O5/c14-7-1-2-8(13(20)21)9(5-7)15-12(19)6-3-10(17)16-11(18)4-6/h1-5H,(H,15,19)(H,20,21)(H2,16,17,18). The SMILES string of the molecule is O=C(Nc1cc(Br)ccc1C(=O)O)c1cc(O)[nH]c(=O)c1. The minimum absolute atomic E-state index is 0.0710. The maximum atomic E-state index is 12.0. The number of halogens is 1. The number of nitrogens with one attached hydrogen (secondary N) is 2. The average Bonchev–Trinajstić information content (AvgIpc) is 2.37. The van der Waals surface area contributed by atoms with Crippen LogP contribution in [0.4, 0.5) is 5.69 Å². The van der Waals surface area contributed by atoms with Crippen molar-refractivity contribution >= 4 is 33.5 Å². The first-order valence-electron chi connectivity index (χ1n) is 5.64. The molecule has 0 fully saturated rings. The van der Waals surface area contributed by atoms with Gasteiger partial charge in [-0.25, -0.2) is 4.79 Å². The number of rotatable bonds is 3. The van der Waals surface area contributed by atoms with Crippen molar-refractivity contribution in [3.63, 3.8) is 0 Å². The Bertz CT molecular complexity index is 784. The quantitative estimate of drug-likeness (QED) is 0.671. The predicted molar refractivity (Wildman–Crippen MR) is 77.8 cm³/mol. The van der Waals surface area contributed by atoms with Crippen LogP contribution in [0.25, 0.3) is 0 Å². The lowest BCUT2D eigenvalue weighted by molar-refractivity contribution is 0.0698. The number of aromatic amines is 1. The van der Waals surface area contributed by atoms with E-state index in [0.717, 1.165) is 12.1 Å². The van der Waals surface area contributed by atoms with Gasteiger partial charge < -0.3 is 15.5 Å². The summed E-state index contributed by atoms with van der Waals surface area (Å²) in [7, 11) is 0. The second-order valence-corrected chi connectivity index (χ2v) is 4.98. The number of aromatic carboxylic acids is 1. The largest absolute Gasteiger partial charge is 0.494 e. The number of pyridine rings is 1. The monoisotopic (exact) mass is 352 g/mol. The van der Waals surface area contributed by atoms with E-state index in [1.54, 1.807) is 0 Å². The Morgan fingerprint density at radius 1 is 1.19 bits per heavy atom. The molecule has 21 heavy (non-hydrogen) atoms. The molecule has 0 saturated heterocycles. The van der Waals surface area contributed by atoms with Crippen LogP contribution >= 0.6 is 15.9 Å². The summed E-state index contributed by atoms with van der Waals surface area (Å²) in [5.41, 5.74) is -0.761. The van der Waals surface area contributed by atoms with E-state index in [1.165, 1.54) is 18.2 Å². The molecule has 108 valence electrons. The van der Waals surface area contributed by atoms with E-state index < -0.39 is 23.3 Å². The lowest BCUT2D eigenvalue weighted by Gasteiger charge is -2.09. The smallest absolute Gasteiger partial charge is 0.337 e. The van der Waals surface area contributed by atoms with Crippen molar-refractivity contribution in [1.82, 2.24) is 4.98 Å². The molecule has 7 nitrogen and oxygen atoms in total. The molecule has 0 saturated carbocycles. The van der Waals surface area contributed by atoms with Crippen LogP contribution in [-0.2, 0) is 0 Å². The van der Waals surface area contributed by atoms with Gasteiger partial charge in [-0.05, 0) is 18.2 Å². The zero-order valence-electron chi connectivity index (χ0n) is 10.4. The lowest BCUT2D eigenvalue weighted by atomic mass is 10.1. The van der Waals surface area contributed by atoms with E-state index in [4.69, 9.17) is 5.11 Å². The topological polar surface area (TPSA) is 119 Å². The molecule has 1 heterocycles. The molecular weight excluding hydrogens is 344 g/mol. The highest BCUT2D eigenvalue weighted by Gasteiger charge is 2.15. The molecule has 4 N–H and O–H groups in total. The molecule has 0 spiro atoms. The summed E-state index contributed by atoms with van der Waals surface area (Å²) in [4.78, 5) is 36.4. The second-order valence-electron chi connectivity index (χ2n) is 4.07. The Labute approximate surface area is 126 Å². The Balaban J connectivity index is 2.37. The van der Waals surface area contributed by atoms with Crippen LogP contribution in [0.3, 0.4) is 0 Å². The van der Waals surface area contributed by atoms with E-state index in [9.17, 15) is 19.5 Å². The summed E-state index contributed by atoms with van der Waals surface area (Å²) >= 11 is 3.18. The number of hydrogen-bond acceptors (Lipinski definition) is 4. The third-order valence-corrected chi connectivity index (χ3v) is 3.05. The normalized spacial score (nSPS) is 10.1. The Morgan fingerprint density at radius 2 is 1.90 bits per heavy atom. The summed E-state index contributed by atoms with van der Waals surface area (Å²) < 4.78 is 0.580. The van der Waals surface area contributed by atoms with Gasteiger partial charge in [0.15, 0.2) is 5.88 Å². The van der Waals surface area contributed by atoms with Crippen LogP contribution in [0, 0.1) is 0 Å². The van der Waals surface area contributed by atoms with Gasteiger partial charge in [0.25, 0.3) is 11.5 Å². The number of H-pyrrole nitrogens is 1. The van der Waals surface area contributed by atoms with Gasteiger partial charge in [-0.15, -0.1) is 0 Å². The number of carboxylic acid groups (broad SMARTS) is 1. The van der Waals surface area contributed by atoms with Gasteiger partial charge in [-0.1, -0.05) is 15.9 Å². The van der Waals surface area contributed by atoms with E-state index in [2.05, 4.69) is 26.2 Å². The first-order chi connectivity index (χ1) is 9.86. The van der Waals surface area contributed by atoms with E-state index in [-0.39, 0.29) is 16.8 Å². The zero-order valence-corrected chi connectivity index (χ0v) is 12.0. The third kappa shape index (κ3) is 3.48. The van der Waals surface area contributed by atoms with Crippen molar-refractivity contribution in [2.45, 2.75) is 0 Å². The van der Waals surface area contributed by atoms with Crippen LogP contribution < -0.4 is 10.9 Å². The van der Waals surface area contributed by atoms with E-state index in [0.29, 0.717) is 4.47 Å². The van der Waals surface area contributed by atoms with E-state index in [1.807, 2.05) is 0 Å². The van der Waals surface area contributed by atoms with Gasteiger partial charge in [0.2, 0.25) is 0 Å². The van der Waals surface area contributed by atoms with Crippen molar-refractivity contribution in [3.8, 4) is 5.88 Å². The molecule has 0 radical (unpaired) electrons. The number of carboxylic acids is 1. The van der Waals surface area contributed by atoms with Gasteiger partial charge in [-0.3, -0.25) is 14.6 Å². The van der Waals surface area contributed by atoms with Crippen molar-refractivity contribution < 1.29 is 19.8 Å². The number of aromatic nitrogens is 1. The van der Waals surface area contributed by atoms with E-state index >= 15 is 0 Å². The minimum atomic E-state index is -1.20. The van der Waals surface area contributed by atoms with Crippen molar-refractivity contribution in [2.75, 3.05) is 5.32 Å². The molecule has 1 aromatic carbocycles. The van der Waals surface area contributed by atoms with Crippen molar-refractivity contribution in [3.05, 3.63) is 56.3 Å². The molecule has 0 aliphatic carbocycles. The number of aromatic hydroxyl groups is 1. The van der Waals surface area contributed by atoms with Gasteiger partial charge in [0, 0.05) is 16.6 Å². The number of anilines is 1. The van der Waals surface area contributed by atoms with Gasteiger partial charge in [0.1, 0.15) is 0 Å². The van der Waals surface area contributed by atoms with Crippen molar-refractivity contribution in [1.29, 1.82) is 0 Å². The molecule has 0 unspecified atom stereocenters. The summed E-state index contributed by atoms with van der Waals surface area (Å²) in [5, 5.41) is 20.7. The number of amides is 1. The van der Waals surface area contributed by atoms with Crippen LogP contribution in [-0.4, -0.2) is 27.1 Å². The molecule has 1 amide bonds. The molecule has 1 aromatic heterocycles. The first-order valence-corrected chi connectivity index (χ1v) is 6.43. The number of hydrogen-bond donors (Lipinski definition) is 4. The molecule has 0 aliphatic rings.